The number of carbonyl (C=O) groups excluding carboxylic acids is 2. The molecular formula is C14H25N3O3. The molecule has 2 aliphatic rings. The van der Waals surface area contributed by atoms with E-state index >= 15 is 0 Å². The van der Waals surface area contributed by atoms with Gasteiger partial charge in [0.15, 0.2) is 0 Å². The van der Waals surface area contributed by atoms with E-state index in [0.29, 0.717) is 45.3 Å². The molecule has 2 amide bonds. The van der Waals surface area contributed by atoms with E-state index in [1.807, 2.05) is 0 Å². The Bertz CT molecular complexity index is 346. The van der Waals surface area contributed by atoms with Crippen molar-refractivity contribution >= 4 is 11.8 Å². The van der Waals surface area contributed by atoms with Gasteiger partial charge in [-0.05, 0) is 5.92 Å². The predicted octanol–water partition coefficient (Wildman–Crippen LogP) is -0.355. The number of ether oxygens (including phenoxy) is 1. The van der Waals surface area contributed by atoms with Gasteiger partial charge in [-0.25, -0.2) is 0 Å². The summed E-state index contributed by atoms with van der Waals surface area (Å²) in [7, 11) is 0. The number of hydrogen-bond acceptors (Lipinski definition) is 4. The first-order valence-corrected chi connectivity index (χ1v) is 7.46. The highest BCUT2D eigenvalue weighted by atomic mass is 16.5. The highest BCUT2D eigenvalue weighted by molar-refractivity contribution is 6.34. The number of piperazine rings is 1. The van der Waals surface area contributed by atoms with Crippen molar-refractivity contribution in [1.82, 2.24) is 14.7 Å². The van der Waals surface area contributed by atoms with Gasteiger partial charge in [-0.3, -0.25) is 14.5 Å². The summed E-state index contributed by atoms with van der Waals surface area (Å²) in [6.45, 7) is 10.6. The number of carbonyl (C=O) groups is 2. The molecule has 2 fully saturated rings. The van der Waals surface area contributed by atoms with E-state index in [2.05, 4.69) is 18.7 Å². The zero-order valence-corrected chi connectivity index (χ0v) is 12.5. The molecule has 2 saturated heterocycles. The second-order valence-corrected chi connectivity index (χ2v) is 5.89. The lowest BCUT2D eigenvalue weighted by Gasteiger charge is -2.36. The summed E-state index contributed by atoms with van der Waals surface area (Å²) in [5.74, 6) is -0.0889. The molecule has 0 N–H and O–H groups in total. The van der Waals surface area contributed by atoms with Crippen LogP contribution in [0.15, 0.2) is 0 Å². The van der Waals surface area contributed by atoms with Crippen molar-refractivity contribution in [2.24, 2.45) is 5.92 Å². The predicted molar refractivity (Wildman–Crippen MR) is 75.3 cm³/mol. The largest absolute Gasteiger partial charge is 0.378 e. The third-order valence-corrected chi connectivity index (χ3v) is 3.76. The van der Waals surface area contributed by atoms with E-state index in [-0.39, 0.29) is 11.8 Å². The first kappa shape index (κ1) is 15.3. The molecule has 2 rings (SSSR count). The first-order valence-electron chi connectivity index (χ1n) is 7.46. The van der Waals surface area contributed by atoms with Gasteiger partial charge in [0.2, 0.25) is 0 Å². The molecule has 0 unspecified atom stereocenters. The molecule has 2 heterocycles. The van der Waals surface area contributed by atoms with Crippen LogP contribution in [-0.4, -0.2) is 85.5 Å². The average molecular weight is 283 g/mol. The van der Waals surface area contributed by atoms with E-state index in [4.69, 9.17) is 4.74 Å². The minimum absolute atomic E-state index is 0.351. The van der Waals surface area contributed by atoms with Crippen LogP contribution in [0.1, 0.15) is 13.8 Å². The van der Waals surface area contributed by atoms with E-state index in [1.54, 1.807) is 9.80 Å². The lowest BCUT2D eigenvalue weighted by Crippen LogP contribution is -2.55. The molecule has 20 heavy (non-hydrogen) atoms. The maximum Gasteiger partial charge on any atom is 0.312 e. The van der Waals surface area contributed by atoms with Gasteiger partial charge in [0, 0.05) is 45.8 Å². The number of hydrogen-bond donors (Lipinski definition) is 0. The lowest BCUT2D eigenvalue weighted by molar-refractivity contribution is -0.155. The monoisotopic (exact) mass is 283 g/mol. The fraction of sp³-hybridized carbons (Fsp3) is 0.857. The summed E-state index contributed by atoms with van der Waals surface area (Å²) in [6, 6.07) is 0. The van der Waals surface area contributed by atoms with Crippen molar-refractivity contribution in [3.63, 3.8) is 0 Å². The third-order valence-electron chi connectivity index (χ3n) is 3.76. The maximum atomic E-state index is 12.2. The Morgan fingerprint density at radius 1 is 0.900 bits per heavy atom. The SMILES string of the molecule is CC(C)CN1CCN(C(=O)C(=O)N2CCOCC2)CC1. The molecule has 6 heteroatoms. The third kappa shape index (κ3) is 3.93. The van der Waals surface area contributed by atoms with Crippen LogP contribution in [0.25, 0.3) is 0 Å². The van der Waals surface area contributed by atoms with Crippen molar-refractivity contribution in [2.45, 2.75) is 13.8 Å². The van der Waals surface area contributed by atoms with Gasteiger partial charge in [-0.15, -0.1) is 0 Å². The second kappa shape index (κ2) is 7.04. The van der Waals surface area contributed by atoms with Gasteiger partial charge in [0.05, 0.1) is 13.2 Å². The van der Waals surface area contributed by atoms with Gasteiger partial charge in [-0.2, -0.15) is 0 Å². The van der Waals surface area contributed by atoms with Crippen molar-refractivity contribution in [1.29, 1.82) is 0 Å². The number of nitrogens with zero attached hydrogens (tertiary/aromatic N) is 3. The van der Waals surface area contributed by atoms with Crippen LogP contribution < -0.4 is 0 Å². The average Bonchev–Trinajstić information content (AvgIpc) is 2.47. The Kier molecular flexibility index (Phi) is 5.37. The summed E-state index contributed by atoms with van der Waals surface area (Å²) in [5, 5.41) is 0. The molecule has 0 aromatic heterocycles. The topological polar surface area (TPSA) is 53.1 Å². The summed E-state index contributed by atoms with van der Waals surface area (Å²) >= 11 is 0. The fourth-order valence-corrected chi connectivity index (χ4v) is 2.69. The summed E-state index contributed by atoms with van der Waals surface area (Å²) in [5.41, 5.74) is 0. The van der Waals surface area contributed by atoms with Crippen molar-refractivity contribution < 1.29 is 14.3 Å². The van der Waals surface area contributed by atoms with E-state index in [0.717, 1.165) is 19.6 Å². The van der Waals surface area contributed by atoms with E-state index in [1.165, 1.54) is 0 Å². The summed E-state index contributed by atoms with van der Waals surface area (Å²) in [4.78, 5) is 30.0. The smallest absolute Gasteiger partial charge is 0.312 e. The Labute approximate surface area is 120 Å². The molecule has 0 aromatic rings. The Hall–Kier alpha value is -1.14. The molecule has 0 saturated carbocycles. The standard InChI is InChI=1S/C14H25N3O3/c1-12(2)11-15-3-5-16(6-4-15)13(18)14(19)17-7-9-20-10-8-17/h12H,3-11H2,1-2H3. The quantitative estimate of drug-likeness (QED) is 0.650. The molecule has 0 atom stereocenters. The maximum absolute atomic E-state index is 12.2. The van der Waals surface area contributed by atoms with Crippen LogP contribution in [0.4, 0.5) is 0 Å². The number of rotatable bonds is 2. The molecule has 114 valence electrons. The van der Waals surface area contributed by atoms with Crippen molar-refractivity contribution in [3.8, 4) is 0 Å². The van der Waals surface area contributed by atoms with Crippen LogP contribution in [0.3, 0.4) is 0 Å². The van der Waals surface area contributed by atoms with Gasteiger partial charge < -0.3 is 14.5 Å². The zero-order valence-electron chi connectivity index (χ0n) is 12.5. The highest BCUT2D eigenvalue weighted by Gasteiger charge is 2.30. The minimum atomic E-state index is -0.370. The second-order valence-electron chi connectivity index (χ2n) is 5.89. The Morgan fingerprint density at radius 3 is 1.90 bits per heavy atom. The molecule has 0 aromatic carbocycles. The zero-order chi connectivity index (χ0) is 14.5. The van der Waals surface area contributed by atoms with Crippen LogP contribution in [0.5, 0.6) is 0 Å². The van der Waals surface area contributed by atoms with Gasteiger partial charge >= 0.3 is 11.8 Å². The van der Waals surface area contributed by atoms with Crippen LogP contribution in [0.2, 0.25) is 0 Å². The lowest BCUT2D eigenvalue weighted by atomic mass is 10.2. The normalized spacial score (nSPS) is 21.4. The Balaban J connectivity index is 1.80. The molecule has 6 nitrogen and oxygen atoms in total. The van der Waals surface area contributed by atoms with Gasteiger partial charge in [0.1, 0.15) is 0 Å². The minimum Gasteiger partial charge on any atom is -0.378 e. The van der Waals surface area contributed by atoms with Crippen molar-refractivity contribution in [2.75, 3.05) is 59.0 Å². The molecule has 2 aliphatic heterocycles. The van der Waals surface area contributed by atoms with E-state index in [9.17, 15) is 9.59 Å². The summed E-state index contributed by atoms with van der Waals surface area (Å²) in [6.07, 6.45) is 0. The van der Waals surface area contributed by atoms with Crippen LogP contribution >= 0.6 is 0 Å². The van der Waals surface area contributed by atoms with E-state index < -0.39 is 0 Å². The van der Waals surface area contributed by atoms with Crippen molar-refractivity contribution in [3.05, 3.63) is 0 Å². The van der Waals surface area contributed by atoms with Crippen LogP contribution in [0, 0.1) is 5.92 Å². The Morgan fingerprint density at radius 2 is 1.40 bits per heavy atom. The summed E-state index contributed by atoms with van der Waals surface area (Å²) < 4.78 is 5.20. The first-order chi connectivity index (χ1) is 9.58. The highest BCUT2D eigenvalue weighted by Crippen LogP contribution is 2.07. The van der Waals surface area contributed by atoms with Gasteiger partial charge in [0.25, 0.3) is 0 Å². The molecule has 0 radical (unpaired) electrons. The molecule has 0 bridgehead atoms. The molecular weight excluding hydrogens is 258 g/mol. The number of amides is 2. The number of morpholine rings is 1. The van der Waals surface area contributed by atoms with Gasteiger partial charge in [-0.1, -0.05) is 13.8 Å². The molecule has 0 spiro atoms. The fourth-order valence-electron chi connectivity index (χ4n) is 2.69. The van der Waals surface area contributed by atoms with Crippen LogP contribution in [-0.2, 0) is 14.3 Å². The molecule has 0 aliphatic carbocycles.